The first kappa shape index (κ1) is 24.9. The second-order valence-corrected chi connectivity index (χ2v) is 9.90. The number of carboxylic acid groups (broad SMARTS) is 1. The minimum absolute atomic E-state index is 0.0169. The van der Waals surface area contributed by atoms with Gasteiger partial charge >= 0.3 is 5.97 Å². The molecular formula is C23H26Cl2F2N2O3. The van der Waals surface area contributed by atoms with Crippen LogP contribution in [0.25, 0.3) is 0 Å². The summed E-state index contributed by atoms with van der Waals surface area (Å²) in [6.07, 6.45) is 0.715. The third kappa shape index (κ3) is 4.50. The van der Waals surface area contributed by atoms with Gasteiger partial charge in [0.05, 0.1) is 10.6 Å². The van der Waals surface area contributed by atoms with Gasteiger partial charge in [0.2, 0.25) is 0 Å². The molecule has 0 unspecified atom stereocenters. The number of aliphatic carboxylic acids is 1. The lowest BCUT2D eigenvalue weighted by Gasteiger charge is -2.40. The summed E-state index contributed by atoms with van der Waals surface area (Å²) in [4.78, 5) is 12.2. The first-order valence-electron chi connectivity index (χ1n) is 10.2. The Balaban J connectivity index is 2.27. The molecule has 0 spiro atoms. The van der Waals surface area contributed by atoms with Crippen LogP contribution in [-0.4, -0.2) is 34.9 Å². The SMILES string of the molecule is CC(C)(CCO)C[C@@H]1N[C@@H](C(=O)O)[C@H](c2cccc(Cl)c2F)[C@@]1(N)c1ccc(Cl)cc1F. The van der Waals surface area contributed by atoms with E-state index >= 15 is 8.78 Å². The Kier molecular flexibility index (Phi) is 7.17. The van der Waals surface area contributed by atoms with Crippen LogP contribution in [0.3, 0.4) is 0 Å². The third-order valence-corrected chi connectivity index (χ3v) is 6.86. The summed E-state index contributed by atoms with van der Waals surface area (Å²) < 4.78 is 30.3. The molecule has 0 bridgehead atoms. The van der Waals surface area contributed by atoms with Gasteiger partial charge in [-0.25, -0.2) is 8.78 Å². The van der Waals surface area contributed by atoms with Gasteiger partial charge in [0, 0.05) is 29.2 Å². The molecular weight excluding hydrogens is 461 g/mol. The summed E-state index contributed by atoms with van der Waals surface area (Å²) >= 11 is 11.9. The van der Waals surface area contributed by atoms with E-state index in [1.807, 2.05) is 13.8 Å². The molecule has 9 heteroatoms. The highest BCUT2D eigenvalue weighted by molar-refractivity contribution is 6.31. The second-order valence-electron chi connectivity index (χ2n) is 9.06. The van der Waals surface area contributed by atoms with Gasteiger partial charge in [-0.3, -0.25) is 10.1 Å². The van der Waals surface area contributed by atoms with Crippen LogP contribution in [0.1, 0.15) is 43.7 Å². The zero-order valence-corrected chi connectivity index (χ0v) is 19.2. The Morgan fingerprint density at radius 3 is 2.53 bits per heavy atom. The van der Waals surface area contributed by atoms with Crippen molar-refractivity contribution in [3.8, 4) is 0 Å². The second kappa shape index (κ2) is 9.23. The molecule has 0 aromatic heterocycles. The number of benzene rings is 2. The molecule has 32 heavy (non-hydrogen) atoms. The fraction of sp³-hybridized carbons (Fsp3) is 0.435. The van der Waals surface area contributed by atoms with Crippen LogP contribution in [0.5, 0.6) is 0 Å². The first-order valence-corrected chi connectivity index (χ1v) is 11.0. The number of aliphatic hydroxyl groups excluding tert-OH is 1. The van der Waals surface area contributed by atoms with E-state index in [0.717, 1.165) is 6.07 Å². The summed E-state index contributed by atoms with van der Waals surface area (Å²) in [7, 11) is 0. The number of nitrogens with two attached hydrogens (primary N) is 1. The van der Waals surface area contributed by atoms with Crippen molar-refractivity contribution < 1.29 is 23.8 Å². The van der Waals surface area contributed by atoms with Gasteiger partial charge in [-0.15, -0.1) is 0 Å². The smallest absolute Gasteiger partial charge is 0.321 e. The molecule has 1 heterocycles. The lowest BCUT2D eigenvalue weighted by atomic mass is 9.68. The maximum atomic E-state index is 15.2. The standard InChI is InChI=1S/C23H26Cl2F2N2O3/c1-22(2,8-9-30)11-17-23(28,14-7-6-12(24)10-16(14)26)18(20(29-17)21(31)32)13-4-3-5-15(25)19(13)27/h3-7,10,17-18,20,29-30H,8-9,11,28H2,1-2H3,(H,31,32)/t17-,18-,20+,23+/m0/s1. The average Bonchev–Trinajstić information content (AvgIpc) is 2.96. The summed E-state index contributed by atoms with van der Waals surface area (Å²) in [5, 5.41) is 22.4. The number of halogens is 4. The molecule has 1 aliphatic heterocycles. The Bertz CT molecular complexity index is 1020. The lowest BCUT2D eigenvalue weighted by molar-refractivity contribution is -0.139. The highest BCUT2D eigenvalue weighted by atomic mass is 35.5. The topological polar surface area (TPSA) is 95.6 Å². The van der Waals surface area contributed by atoms with Crippen molar-refractivity contribution in [2.45, 2.75) is 50.2 Å². The van der Waals surface area contributed by atoms with Crippen molar-refractivity contribution in [1.82, 2.24) is 5.32 Å². The number of nitrogens with one attached hydrogen (secondary N) is 1. The molecule has 2 aromatic rings. The molecule has 2 aromatic carbocycles. The molecule has 1 saturated heterocycles. The van der Waals surface area contributed by atoms with E-state index in [4.69, 9.17) is 28.9 Å². The van der Waals surface area contributed by atoms with Gasteiger partial charge in [0.1, 0.15) is 17.7 Å². The molecule has 0 amide bonds. The quantitative estimate of drug-likeness (QED) is 0.464. The molecule has 5 nitrogen and oxygen atoms in total. The Labute approximate surface area is 195 Å². The van der Waals surface area contributed by atoms with Gasteiger partial charge in [-0.1, -0.05) is 55.2 Å². The van der Waals surface area contributed by atoms with Gasteiger partial charge in [-0.2, -0.15) is 0 Å². The molecule has 5 N–H and O–H groups in total. The van der Waals surface area contributed by atoms with Crippen LogP contribution in [0.15, 0.2) is 36.4 Å². The molecule has 0 saturated carbocycles. The zero-order chi connectivity index (χ0) is 23.8. The Hall–Kier alpha value is -1.77. The average molecular weight is 487 g/mol. The van der Waals surface area contributed by atoms with Crippen molar-refractivity contribution in [2.75, 3.05) is 6.61 Å². The maximum Gasteiger partial charge on any atom is 0.321 e. The van der Waals surface area contributed by atoms with Gasteiger partial charge in [0.25, 0.3) is 0 Å². The lowest BCUT2D eigenvalue weighted by Crippen LogP contribution is -2.52. The zero-order valence-electron chi connectivity index (χ0n) is 17.7. The van der Waals surface area contributed by atoms with E-state index in [0.29, 0.717) is 12.8 Å². The molecule has 1 aliphatic rings. The monoisotopic (exact) mass is 486 g/mol. The van der Waals surface area contributed by atoms with Crippen LogP contribution >= 0.6 is 23.2 Å². The predicted molar refractivity (Wildman–Crippen MR) is 120 cm³/mol. The van der Waals surface area contributed by atoms with Crippen molar-refractivity contribution in [2.24, 2.45) is 11.1 Å². The van der Waals surface area contributed by atoms with Crippen LogP contribution < -0.4 is 11.1 Å². The van der Waals surface area contributed by atoms with Crippen molar-refractivity contribution in [1.29, 1.82) is 0 Å². The Morgan fingerprint density at radius 2 is 1.94 bits per heavy atom. The molecule has 0 radical (unpaired) electrons. The fourth-order valence-electron chi connectivity index (χ4n) is 4.74. The molecule has 174 valence electrons. The first-order chi connectivity index (χ1) is 14.9. The summed E-state index contributed by atoms with van der Waals surface area (Å²) in [6.45, 7) is 3.71. The third-order valence-electron chi connectivity index (χ3n) is 6.33. The maximum absolute atomic E-state index is 15.2. The van der Waals surface area contributed by atoms with Gasteiger partial charge < -0.3 is 15.9 Å². The number of rotatable bonds is 7. The summed E-state index contributed by atoms with van der Waals surface area (Å²) in [5.41, 5.74) is 4.80. The van der Waals surface area contributed by atoms with E-state index in [2.05, 4.69) is 5.32 Å². The summed E-state index contributed by atoms with van der Waals surface area (Å²) in [5.74, 6) is -3.94. The fourth-order valence-corrected chi connectivity index (χ4v) is 5.08. The molecule has 1 fully saturated rings. The molecule has 0 aliphatic carbocycles. The number of carboxylic acids is 1. The minimum Gasteiger partial charge on any atom is -0.480 e. The van der Waals surface area contributed by atoms with Crippen molar-refractivity contribution >= 4 is 29.2 Å². The van der Waals surface area contributed by atoms with Gasteiger partial charge in [-0.05, 0) is 42.0 Å². The number of hydrogen-bond acceptors (Lipinski definition) is 4. The van der Waals surface area contributed by atoms with E-state index < -0.39 is 46.6 Å². The van der Waals surface area contributed by atoms with Crippen LogP contribution in [0.2, 0.25) is 10.0 Å². The van der Waals surface area contributed by atoms with E-state index in [-0.39, 0.29) is 27.8 Å². The predicted octanol–water partition coefficient (Wildman–Crippen LogP) is 4.43. The highest BCUT2D eigenvalue weighted by Crippen LogP contribution is 2.50. The highest BCUT2D eigenvalue weighted by Gasteiger charge is 2.58. The van der Waals surface area contributed by atoms with E-state index in [1.165, 1.54) is 30.3 Å². The van der Waals surface area contributed by atoms with Crippen molar-refractivity contribution in [3.63, 3.8) is 0 Å². The van der Waals surface area contributed by atoms with Gasteiger partial charge in [0.15, 0.2) is 0 Å². The van der Waals surface area contributed by atoms with Crippen molar-refractivity contribution in [3.05, 3.63) is 69.2 Å². The van der Waals surface area contributed by atoms with Crippen LogP contribution in [0.4, 0.5) is 8.78 Å². The largest absolute Gasteiger partial charge is 0.480 e. The number of carbonyl (C=O) groups is 1. The van der Waals surface area contributed by atoms with Crippen LogP contribution in [-0.2, 0) is 10.3 Å². The van der Waals surface area contributed by atoms with E-state index in [9.17, 15) is 15.0 Å². The number of hydrogen-bond donors (Lipinski definition) is 4. The molecule has 4 atom stereocenters. The molecule has 3 rings (SSSR count). The summed E-state index contributed by atoms with van der Waals surface area (Å²) in [6, 6.07) is 6.17. The number of aliphatic hydroxyl groups is 1. The minimum atomic E-state index is -1.66. The normalized spacial score (nSPS) is 25.8. The van der Waals surface area contributed by atoms with Crippen LogP contribution in [0, 0.1) is 17.0 Å². The Morgan fingerprint density at radius 1 is 1.25 bits per heavy atom. The van der Waals surface area contributed by atoms with E-state index in [1.54, 1.807) is 0 Å².